The van der Waals surface area contributed by atoms with Gasteiger partial charge < -0.3 is 10.2 Å². The minimum absolute atomic E-state index is 0.474. The maximum absolute atomic E-state index is 11.2. The molecule has 0 aromatic carbocycles. The van der Waals surface area contributed by atoms with Crippen molar-refractivity contribution in [3.63, 3.8) is 0 Å². The van der Waals surface area contributed by atoms with E-state index in [1.165, 1.54) is 13.8 Å². The molecule has 0 heterocycles. The lowest BCUT2D eigenvalue weighted by Crippen LogP contribution is -2.47. The molecule has 0 amide bonds. The normalized spacial score (nSPS) is 20.7. The lowest BCUT2D eigenvalue weighted by atomic mass is 9.64. The Bertz CT molecular complexity index is 261. The smallest absolute Gasteiger partial charge is 0.310 e. The molecule has 0 saturated heterocycles. The largest absolute Gasteiger partial charge is 0.481 e. The number of rotatable bonds is 3. The van der Waals surface area contributed by atoms with Gasteiger partial charge in [-0.25, -0.2) is 0 Å². The fraction of sp³-hybridized carbons (Fsp3) is 0.800. The Morgan fingerprint density at radius 3 is 1.86 bits per heavy atom. The van der Waals surface area contributed by atoms with Gasteiger partial charge in [0, 0.05) is 0 Å². The summed E-state index contributed by atoms with van der Waals surface area (Å²) in [5.74, 6) is -2.00. The molecule has 1 aliphatic carbocycles. The van der Waals surface area contributed by atoms with Crippen LogP contribution in [0.3, 0.4) is 0 Å². The van der Waals surface area contributed by atoms with Gasteiger partial charge in [-0.05, 0) is 26.7 Å². The van der Waals surface area contributed by atoms with Gasteiger partial charge in [0.1, 0.15) is 0 Å². The predicted molar refractivity (Wildman–Crippen MR) is 50.0 cm³/mol. The van der Waals surface area contributed by atoms with E-state index in [4.69, 9.17) is 5.11 Å². The Kier molecular flexibility index (Phi) is 2.56. The first kappa shape index (κ1) is 11.0. The van der Waals surface area contributed by atoms with Crippen LogP contribution in [0.4, 0.5) is 0 Å². The molecule has 0 aromatic rings. The minimum Gasteiger partial charge on any atom is -0.481 e. The van der Waals surface area contributed by atoms with Crippen molar-refractivity contribution in [2.75, 3.05) is 0 Å². The van der Waals surface area contributed by atoms with E-state index in [1.54, 1.807) is 0 Å². The van der Waals surface area contributed by atoms with Gasteiger partial charge in [-0.15, -0.1) is 0 Å². The third-order valence-corrected chi connectivity index (χ3v) is 3.60. The zero-order valence-corrected chi connectivity index (χ0v) is 8.54. The van der Waals surface area contributed by atoms with Crippen LogP contribution in [0, 0.1) is 10.8 Å². The summed E-state index contributed by atoms with van der Waals surface area (Å²) in [5.41, 5.74) is -2.26. The van der Waals surface area contributed by atoms with E-state index in [9.17, 15) is 14.7 Å². The van der Waals surface area contributed by atoms with Crippen molar-refractivity contribution in [2.24, 2.45) is 10.8 Å². The summed E-state index contributed by atoms with van der Waals surface area (Å²) in [6, 6.07) is 0. The van der Waals surface area contributed by atoms with Crippen molar-refractivity contribution in [1.82, 2.24) is 0 Å². The van der Waals surface area contributed by atoms with Crippen LogP contribution < -0.4 is 0 Å². The lowest BCUT2D eigenvalue weighted by molar-refractivity contribution is -0.170. The predicted octanol–water partition coefficient (Wildman–Crippen LogP) is 1.74. The maximum Gasteiger partial charge on any atom is 0.310 e. The zero-order chi connectivity index (χ0) is 11.0. The van der Waals surface area contributed by atoms with Crippen molar-refractivity contribution in [2.45, 2.75) is 39.5 Å². The fourth-order valence-corrected chi connectivity index (χ4v) is 2.29. The Morgan fingerprint density at radius 2 is 1.57 bits per heavy atom. The van der Waals surface area contributed by atoms with Crippen LogP contribution in [0.1, 0.15) is 39.5 Å². The number of hydrogen-bond acceptors (Lipinski definition) is 2. The Balaban J connectivity index is 3.11. The van der Waals surface area contributed by atoms with E-state index < -0.39 is 22.8 Å². The van der Waals surface area contributed by atoms with Crippen LogP contribution >= 0.6 is 0 Å². The van der Waals surface area contributed by atoms with Crippen LogP contribution in [0.5, 0.6) is 0 Å². The van der Waals surface area contributed by atoms with Gasteiger partial charge in [-0.2, -0.15) is 0 Å². The molecule has 0 unspecified atom stereocenters. The van der Waals surface area contributed by atoms with Gasteiger partial charge in [0.2, 0.25) is 0 Å². The highest BCUT2D eigenvalue weighted by molar-refractivity contribution is 5.86. The highest BCUT2D eigenvalue weighted by atomic mass is 16.4. The van der Waals surface area contributed by atoms with Gasteiger partial charge in [0.15, 0.2) is 0 Å². The molecule has 1 fully saturated rings. The summed E-state index contributed by atoms with van der Waals surface area (Å²) in [6.45, 7) is 3.02. The van der Waals surface area contributed by atoms with Gasteiger partial charge in [0.25, 0.3) is 0 Å². The van der Waals surface area contributed by atoms with Gasteiger partial charge in [0.05, 0.1) is 10.8 Å². The van der Waals surface area contributed by atoms with Crippen molar-refractivity contribution in [1.29, 1.82) is 0 Å². The molecular formula is C10H16O4. The maximum atomic E-state index is 11.2. The second-order valence-corrected chi connectivity index (χ2v) is 4.52. The second kappa shape index (κ2) is 3.26. The molecule has 0 aromatic heterocycles. The molecule has 4 nitrogen and oxygen atoms in total. The summed E-state index contributed by atoms with van der Waals surface area (Å²) < 4.78 is 0. The monoisotopic (exact) mass is 200 g/mol. The summed E-state index contributed by atoms with van der Waals surface area (Å²) in [7, 11) is 0. The molecule has 0 aliphatic heterocycles. The quantitative estimate of drug-likeness (QED) is 0.727. The van der Waals surface area contributed by atoms with Crippen LogP contribution in [0.2, 0.25) is 0 Å². The first-order chi connectivity index (χ1) is 6.34. The van der Waals surface area contributed by atoms with Gasteiger partial charge in [-0.1, -0.05) is 12.8 Å². The highest BCUT2D eigenvalue weighted by Crippen LogP contribution is 2.51. The van der Waals surface area contributed by atoms with E-state index in [1.807, 2.05) is 0 Å². The molecular weight excluding hydrogens is 184 g/mol. The summed E-state index contributed by atoms with van der Waals surface area (Å²) in [6.07, 6.45) is 2.56. The standard InChI is InChI=1S/C10H16O4/c1-9(2,7(11)12)10(8(13)14)5-3-4-6-10/h3-6H2,1-2H3,(H,11,12)(H,13,14). The van der Waals surface area contributed by atoms with Crippen LogP contribution in [-0.4, -0.2) is 22.2 Å². The van der Waals surface area contributed by atoms with Crippen LogP contribution in [0.25, 0.3) is 0 Å². The molecule has 1 rings (SSSR count). The number of hydrogen-bond donors (Lipinski definition) is 2. The third kappa shape index (κ3) is 1.29. The molecule has 0 atom stereocenters. The number of carboxylic acid groups (broad SMARTS) is 2. The number of carboxylic acids is 2. The highest BCUT2D eigenvalue weighted by Gasteiger charge is 2.56. The van der Waals surface area contributed by atoms with Gasteiger partial charge in [-0.3, -0.25) is 9.59 Å². The van der Waals surface area contributed by atoms with E-state index in [0.29, 0.717) is 12.8 Å². The molecule has 14 heavy (non-hydrogen) atoms. The van der Waals surface area contributed by atoms with E-state index in [2.05, 4.69) is 0 Å². The van der Waals surface area contributed by atoms with E-state index in [-0.39, 0.29) is 0 Å². The fourth-order valence-electron chi connectivity index (χ4n) is 2.29. The Morgan fingerprint density at radius 1 is 1.14 bits per heavy atom. The number of aliphatic carboxylic acids is 2. The molecule has 1 aliphatic rings. The molecule has 80 valence electrons. The summed E-state index contributed by atoms with van der Waals surface area (Å²) in [5, 5.41) is 18.2. The first-order valence-electron chi connectivity index (χ1n) is 4.81. The SMILES string of the molecule is CC(C)(C(=O)O)C1(C(=O)O)CCCC1. The molecule has 0 spiro atoms. The van der Waals surface area contributed by atoms with Gasteiger partial charge >= 0.3 is 11.9 Å². The summed E-state index contributed by atoms with van der Waals surface area (Å²) >= 11 is 0. The lowest BCUT2D eigenvalue weighted by Gasteiger charge is -2.37. The van der Waals surface area contributed by atoms with E-state index in [0.717, 1.165) is 12.8 Å². The van der Waals surface area contributed by atoms with Crippen LogP contribution in [-0.2, 0) is 9.59 Å². The van der Waals surface area contributed by atoms with Crippen molar-refractivity contribution >= 4 is 11.9 Å². The zero-order valence-electron chi connectivity index (χ0n) is 8.54. The number of carbonyl (C=O) groups is 2. The average molecular weight is 200 g/mol. The Labute approximate surface area is 82.9 Å². The molecule has 2 N–H and O–H groups in total. The van der Waals surface area contributed by atoms with Crippen molar-refractivity contribution in [3.05, 3.63) is 0 Å². The van der Waals surface area contributed by atoms with E-state index >= 15 is 0 Å². The molecule has 4 heteroatoms. The second-order valence-electron chi connectivity index (χ2n) is 4.52. The average Bonchev–Trinajstić information content (AvgIpc) is 2.52. The Hall–Kier alpha value is -1.06. The molecule has 0 radical (unpaired) electrons. The third-order valence-electron chi connectivity index (χ3n) is 3.60. The van der Waals surface area contributed by atoms with Crippen LogP contribution in [0.15, 0.2) is 0 Å². The molecule has 0 bridgehead atoms. The minimum atomic E-state index is -1.19. The topological polar surface area (TPSA) is 74.6 Å². The summed E-state index contributed by atoms with van der Waals surface area (Å²) in [4.78, 5) is 22.3. The van der Waals surface area contributed by atoms with Crippen molar-refractivity contribution in [3.8, 4) is 0 Å². The first-order valence-corrected chi connectivity index (χ1v) is 4.81. The molecule has 1 saturated carbocycles. The van der Waals surface area contributed by atoms with Crippen molar-refractivity contribution < 1.29 is 19.8 Å².